The first-order valence-electron chi connectivity index (χ1n) is 3.97. The molecule has 0 aromatic rings. The van der Waals surface area contributed by atoms with Crippen molar-refractivity contribution in [1.82, 2.24) is 4.72 Å². The Morgan fingerprint density at radius 2 is 2.00 bits per heavy atom. The molecule has 0 aliphatic carbocycles. The predicted octanol–water partition coefficient (Wildman–Crippen LogP) is 0.304. The third-order valence-corrected chi connectivity index (χ3v) is 3.80. The van der Waals surface area contributed by atoms with Gasteiger partial charge in [0.25, 0.3) is 0 Å². The summed E-state index contributed by atoms with van der Waals surface area (Å²) in [5, 5.41) is 9.25. The summed E-state index contributed by atoms with van der Waals surface area (Å²) in [5.41, 5.74) is -0.856. The van der Waals surface area contributed by atoms with Crippen LogP contribution in [0.3, 0.4) is 0 Å². The van der Waals surface area contributed by atoms with Crippen molar-refractivity contribution < 1.29 is 13.5 Å². The molecule has 0 aromatic carbocycles. The van der Waals surface area contributed by atoms with E-state index in [0.29, 0.717) is 0 Å². The summed E-state index contributed by atoms with van der Waals surface area (Å²) in [4.78, 5) is 0. The fourth-order valence-corrected chi connectivity index (χ4v) is 2.53. The van der Waals surface area contributed by atoms with Crippen molar-refractivity contribution in [3.63, 3.8) is 0 Å². The molecular formula is C7H16ClNO3S. The average Bonchev–Trinajstić information content (AvgIpc) is 1.83. The van der Waals surface area contributed by atoms with E-state index in [0.717, 1.165) is 0 Å². The van der Waals surface area contributed by atoms with Gasteiger partial charge in [-0.3, -0.25) is 0 Å². The van der Waals surface area contributed by atoms with Gasteiger partial charge in [-0.1, -0.05) is 0 Å². The Hall–Kier alpha value is 0.160. The van der Waals surface area contributed by atoms with E-state index in [9.17, 15) is 13.5 Å². The lowest BCUT2D eigenvalue weighted by Gasteiger charge is -2.28. The van der Waals surface area contributed by atoms with Gasteiger partial charge in [0.05, 0.1) is 17.4 Å². The zero-order valence-electron chi connectivity index (χ0n) is 8.04. The van der Waals surface area contributed by atoms with Crippen molar-refractivity contribution in [3.8, 4) is 0 Å². The van der Waals surface area contributed by atoms with Crippen LogP contribution in [0.1, 0.15) is 20.8 Å². The van der Waals surface area contributed by atoms with Gasteiger partial charge in [0.15, 0.2) is 0 Å². The molecule has 0 spiro atoms. The summed E-state index contributed by atoms with van der Waals surface area (Å²) in [6, 6.07) is 0. The molecule has 4 nitrogen and oxygen atoms in total. The minimum Gasteiger partial charge on any atom is -0.391 e. The molecule has 0 bridgehead atoms. The van der Waals surface area contributed by atoms with Crippen LogP contribution in [0.2, 0.25) is 0 Å². The number of aliphatic hydroxyl groups excluding tert-OH is 1. The maximum absolute atomic E-state index is 11.2. The summed E-state index contributed by atoms with van der Waals surface area (Å²) in [5.74, 6) is -0.0874. The van der Waals surface area contributed by atoms with Crippen LogP contribution < -0.4 is 4.72 Å². The van der Waals surface area contributed by atoms with Crippen molar-refractivity contribution >= 4 is 21.6 Å². The number of aliphatic hydroxyl groups is 1. The molecular weight excluding hydrogens is 214 g/mol. The van der Waals surface area contributed by atoms with Crippen LogP contribution in [0.4, 0.5) is 0 Å². The van der Waals surface area contributed by atoms with Crippen molar-refractivity contribution in [1.29, 1.82) is 0 Å². The molecule has 0 fully saturated rings. The van der Waals surface area contributed by atoms with E-state index >= 15 is 0 Å². The molecule has 0 rings (SSSR count). The van der Waals surface area contributed by atoms with E-state index in [1.807, 2.05) is 0 Å². The Balaban J connectivity index is 4.43. The van der Waals surface area contributed by atoms with E-state index in [1.165, 1.54) is 6.92 Å². The number of hydrogen-bond donors (Lipinski definition) is 2. The minimum atomic E-state index is -3.38. The number of sulfonamides is 1. The Kier molecular flexibility index (Phi) is 4.65. The van der Waals surface area contributed by atoms with Gasteiger partial charge < -0.3 is 5.11 Å². The highest BCUT2D eigenvalue weighted by Crippen LogP contribution is 2.10. The van der Waals surface area contributed by atoms with Gasteiger partial charge in [-0.2, -0.15) is 0 Å². The second kappa shape index (κ2) is 4.59. The van der Waals surface area contributed by atoms with E-state index in [2.05, 4.69) is 4.72 Å². The summed E-state index contributed by atoms with van der Waals surface area (Å²) in [7, 11) is -3.38. The van der Waals surface area contributed by atoms with E-state index < -0.39 is 21.7 Å². The normalized spacial score (nSPS) is 15.8. The van der Waals surface area contributed by atoms with Crippen LogP contribution in [-0.4, -0.2) is 36.8 Å². The monoisotopic (exact) mass is 229 g/mol. The van der Waals surface area contributed by atoms with Gasteiger partial charge in [0.2, 0.25) is 10.0 Å². The Morgan fingerprint density at radius 3 is 2.31 bits per heavy atom. The number of alkyl halides is 1. The largest absolute Gasteiger partial charge is 0.391 e. The SMILES string of the molecule is CC(O)C(C)(C)NS(=O)(=O)CCCl. The molecule has 2 N–H and O–H groups in total. The zero-order valence-corrected chi connectivity index (χ0v) is 9.61. The molecule has 1 atom stereocenters. The van der Waals surface area contributed by atoms with Crippen LogP contribution in [0, 0.1) is 0 Å². The van der Waals surface area contributed by atoms with Crippen LogP contribution >= 0.6 is 11.6 Å². The maximum atomic E-state index is 11.2. The topological polar surface area (TPSA) is 66.4 Å². The summed E-state index contributed by atoms with van der Waals surface area (Å²) in [6.07, 6.45) is -0.752. The lowest BCUT2D eigenvalue weighted by molar-refractivity contribution is 0.112. The molecule has 1 unspecified atom stereocenters. The molecule has 0 heterocycles. The Bertz CT molecular complexity index is 248. The van der Waals surface area contributed by atoms with Crippen LogP contribution in [0.15, 0.2) is 0 Å². The molecule has 0 saturated carbocycles. The molecule has 0 amide bonds. The highest BCUT2D eigenvalue weighted by molar-refractivity contribution is 7.89. The molecule has 0 aliphatic heterocycles. The first kappa shape index (κ1) is 13.2. The van der Waals surface area contributed by atoms with E-state index in [1.54, 1.807) is 13.8 Å². The zero-order chi connectivity index (χ0) is 10.7. The van der Waals surface area contributed by atoms with Gasteiger partial charge in [0.1, 0.15) is 0 Å². The van der Waals surface area contributed by atoms with Crippen LogP contribution in [0.25, 0.3) is 0 Å². The lowest BCUT2D eigenvalue weighted by Crippen LogP contribution is -2.51. The Labute approximate surface area is 84.3 Å². The maximum Gasteiger partial charge on any atom is 0.213 e. The smallest absolute Gasteiger partial charge is 0.213 e. The molecule has 0 aliphatic rings. The van der Waals surface area contributed by atoms with E-state index in [-0.39, 0.29) is 11.6 Å². The first-order valence-corrected chi connectivity index (χ1v) is 6.15. The van der Waals surface area contributed by atoms with Crippen molar-refractivity contribution in [2.24, 2.45) is 0 Å². The first-order chi connectivity index (χ1) is 5.71. The van der Waals surface area contributed by atoms with Crippen molar-refractivity contribution in [2.45, 2.75) is 32.4 Å². The van der Waals surface area contributed by atoms with Gasteiger partial charge in [-0.25, -0.2) is 13.1 Å². The molecule has 80 valence electrons. The highest BCUT2D eigenvalue weighted by Gasteiger charge is 2.28. The average molecular weight is 230 g/mol. The standard InChI is InChI=1S/C7H16ClNO3S/c1-6(10)7(2,3)9-13(11,12)5-4-8/h6,9-10H,4-5H2,1-3H3. The second-order valence-corrected chi connectivity index (χ2v) is 5.73. The summed E-state index contributed by atoms with van der Waals surface area (Å²) < 4.78 is 24.9. The molecule has 13 heavy (non-hydrogen) atoms. The number of rotatable bonds is 5. The highest BCUT2D eigenvalue weighted by atomic mass is 35.5. The van der Waals surface area contributed by atoms with Gasteiger partial charge in [-0.05, 0) is 20.8 Å². The van der Waals surface area contributed by atoms with Crippen molar-refractivity contribution in [2.75, 3.05) is 11.6 Å². The lowest BCUT2D eigenvalue weighted by atomic mass is 10.0. The van der Waals surface area contributed by atoms with Gasteiger partial charge in [0, 0.05) is 5.88 Å². The third-order valence-electron chi connectivity index (χ3n) is 1.81. The van der Waals surface area contributed by atoms with Crippen molar-refractivity contribution in [3.05, 3.63) is 0 Å². The van der Waals surface area contributed by atoms with Gasteiger partial charge >= 0.3 is 0 Å². The minimum absolute atomic E-state index is 0.0468. The number of hydrogen-bond acceptors (Lipinski definition) is 3. The molecule has 0 aromatic heterocycles. The number of nitrogens with one attached hydrogen (secondary N) is 1. The Morgan fingerprint density at radius 1 is 1.54 bits per heavy atom. The molecule has 0 saturated heterocycles. The third kappa shape index (κ3) is 4.81. The van der Waals surface area contributed by atoms with Gasteiger partial charge in [-0.15, -0.1) is 11.6 Å². The quantitative estimate of drug-likeness (QED) is 0.667. The van der Waals surface area contributed by atoms with Crippen LogP contribution in [-0.2, 0) is 10.0 Å². The second-order valence-electron chi connectivity index (χ2n) is 3.51. The predicted molar refractivity (Wildman–Crippen MR) is 53.4 cm³/mol. The summed E-state index contributed by atoms with van der Waals surface area (Å²) >= 11 is 5.31. The molecule has 0 radical (unpaired) electrons. The molecule has 6 heteroatoms. The van der Waals surface area contributed by atoms with E-state index in [4.69, 9.17) is 11.6 Å². The number of halogens is 1. The summed E-state index contributed by atoms with van der Waals surface area (Å²) in [6.45, 7) is 4.76. The fraction of sp³-hybridized carbons (Fsp3) is 1.00. The van der Waals surface area contributed by atoms with Crippen LogP contribution in [0.5, 0.6) is 0 Å². The fourth-order valence-electron chi connectivity index (χ4n) is 0.639.